The summed E-state index contributed by atoms with van der Waals surface area (Å²) < 4.78 is 30.5. The van der Waals surface area contributed by atoms with Crippen LogP contribution in [-0.4, -0.2) is 44.0 Å². The normalized spacial score (nSPS) is 20.4. The zero-order chi connectivity index (χ0) is 14.0. The summed E-state index contributed by atoms with van der Waals surface area (Å²) in [6.07, 6.45) is 0.462. The predicted octanol–water partition coefficient (Wildman–Crippen LogP) is 0.576. The topological polar surface area (TPSA) is 83.9 Å². The van der Waals surface area contributed by atoms with Gasteiger partial charge in [-0.2, -0.15) is 4.31 Å². The fourth-order valence-electron chi connectivity index (χ4n) is 2.07. The maximum Gasteiger partial charge on any atom is 0.310 e. The molecule has 19 heavy (non-hydrogen) atoms. The molecule has 1 aromatic rings. The maximum atomic E-state index is 12.3. The molecular formula is C12H15NO5S. The summed E-state index contributed by atoms with van der Waals surface area (Å²) >= 11 is 0. The van der Waals surface area contributed by atoms with Crippen LogP contribution in [0, 0.1) is 5.92 Å². The maximum absolute atomic E-state index is 12.3. The van der Waals surface area contributed by atoms with Gasteiger partial charge in [-0.1, -0.05) is 0 Å². The van der Waals surface area contributed by atoms with Crippen LogP contribution in [0.1, 0.15) is 6.42 Å². The molecule has 2 rings (SSSR count). The van der Waals surface area contributed by atoms with E-state index >= 15 is 0 Å². The van der Waals surface area contributed by atoms with Crippen molar-refractivity contribution in [3.05, 3.63) is 24.3 Å². The number of benzene rings is 1. The fraction of sp³-hybridized carbons (Fsp3) is 0.417. The molecule has 0 aromatic heterocycles. The lowest BCUT2D eigenvalue weighted by Crippen LogP contribution is -2.30. The highest BCUT2D eigenvalue weighted by atomic mass is 32.2. The Morgan fingerprint density at radius 3 is 2.58 bits per heavy atom. The van der Waals surface area contributed by atoms with E-state index < -0.39 is 15.9 Å². The quantitative estimate of drug-likeness (QED) is 0.821. The largest absolute Gasteiger partial charge is 0.508 e. The molecule has 1 saturated heterocycles. The summed E-state index contributed by atoms with van der Waals surface area (Å²) in [5.74, 6) is -0.784. The number of phenolic OH excluding ortho intramolecular Hbond substituents is 1. The Bertz CT molecular complexity index is 566. The third-order valence-corrected chi connectivity index (χ3v) is 5.04. The minimum Gasteiger partial charge on any atom is -0.508 e. The summed E-state index contributed by atoms with van der Waals surface area (Å²) in [6, 6.07) is 5.33. The van der Waals surface area contributed by atoms with Gasteiger partial charge in [-0.25, -0.2) is 8.42 Å². The first-order valence-corrected chi connectivity index (χ1v) is 7.26. The molecule has 1 aliphatic heterocycles. The second-order valence-electron chi connectivity index (χ2n) is 4.37. The molecule has 1 N–H and O–H groups in total. The number of hydrogen-bond acceptors (Lipinski definition) is 5. The van der Waals surface area contributed by atoms with E-state index in [1.54, 1.807) is 0 Å². The van der Waals surface area contributed by atoms with Gasteiger partial charge < -0.3 is 9.84 Å². The van der Waals surface area contributed by atoms with Gasteiger partial charge in [0.25, 0.3) is 0 Å². The monoisotopic (exact) mass is 285 g/mol. The van der Waals surface area contributed by atoms with Crippen LogP contribution in [0.5, 0.6) is 5.75 Å². The number of carbonyl (C=O) groups is 1. The van der Waals surface area contributed by atoms with Crippen LogP contribution in [0.4, 0.5) is 0 Å². The standard InChI is InChI=1S/C12H15NO5S/c1-18-12(15)9-6-7-13(8-9)19(16,17)11-4-2-10(14)3-5-11/h2-5,9,14H,6-8H2,1H3. The number of sulfonamides is 1. The van der Waals surface area contributed by atoms with Gasteiger partial charge in [-0.15, -0.1) is 0 Å². The first-order valence-electron chi connectivity index (χ1n) is 5.82. The van der Waals surface area contributed by atoms with Crippen LogP contribution in [0.25, 0.3) is 0 Å². The van der Waals surface area contributed by atoms with E-state index in [1.165, 1.54) is 35.7 Å². The lowest BCUT2D eigenvalue weighted by Gasteiger charge is -2.16. The number of rotatable bonds is 3. The Morgan fingerprint density at radius 2 is 2.00 bits per heavy atom. The second-order valence-corrected chi connectivity index (χ2v) is 6.30. The molecule has 0 amide bonds. The number of aromatic hydroxyl groups is 1. The Hall–Kier alpha value is -1.60. The van der Waals surface area contributed by atoms with Crippen molar-refractivity contribution >= 4 is 16.0 Å². The summed E-state index contributed by atoms with van der Waals surface area (Å²) in [4.78, 5) is 11.5. The molecule has 104 valence electrons. The van der Waals surface area contributed by atoms with Crippen molar-refractivity contribution in [2.45, 2.75) is 11.3 Å². The number of ether oxygens (including phenoxy) is 1. The van der Waals surface area contributed by atoms with Crippen LogP contribution in [0.15, 0.2) is 29.2 Å². The summed E-state index contributed by atoms with van der Waals surface area (Å²) in [7, 11) is -2.32. The SMILES string of the molecule is COC(=O)C1CCN(S(=O)(=O)c2ccc(O)cc2)C1. The zero-order valence-electron chi connectivity index (χ0n) is 10.4. The van der Waals surface area contributed by atoms with Crippen molar-refractivity contribution in [3.63, 3.8) is 0 Å². The number of nitrogens with zero attached hydrogens (tertiary/aromatic N) is 1. The summed E-state index contributed by atoms with van der Waals surface area (Å²) in [6.45, 7) is 0.429. The second kappa shape index (κ2) is 5.18. The van der Waals surface area contributed by atoms with Gasteiger partial charge in [-0.05, 0) is 30.7 Å². The highest BCUT2D eigenvalue weighted by Crippen LogP contribution is 2.25. The van der Waals surface area contributed by atoms with Crippen molar-refractivity contribution in [3.8, 4) is 5.75 Å². The molecule has 1 heterocycles. The number of methoxy groups -OCH3 is 1. The summed E-state index contributed by atoms with van der Waals surface area (Å²) in [5, 5.41) is 9.16. The minimum atomic E-state index is -3.62. The van der Waals surface area contributed by atoms with Crippen molar-refractivity contribution in [1.82, 2.24) is 4.31 Å². The van der Waals surface area contributed by atoms with Gasteiger partial charge in [0.15, 0.2) is 0 Å². The molecule has 0 saturated carbocycles. The summed E-state index contributed by atoms with van der Waals surface area (Å²) in [5.41, 5.74) is 0. The molecule has 0 spiro atoms. The Balaban J connectivity index is 2.18. The number of esters is 1. The first-order chi connectivity index (χ1) is 8.95. The zero-order valence-corrected chi connectivity index (χ0v) is 11.3. The molecule has 0 bridgehead atoms. The van der Waals surface area contributed by atoms with Gasteiger partial charge in [0, 0.05) is 13.1 Å². The average Bonchev–Trinajstić information content (AvgIpc) is 2.88. The van der Waals surface area contributed by atoms with E-state index in [1.807, 2.05) is 0 Å². The van der Waals surface area contributed by atoms with Crippen LogP contribution in [0.2, 0.25) is 0 Å². The molecule has 1 atom stereocenters. The van der Waals surface area contributed by atoms with Crippen molar-refractivity contribution in [2.75, 3.05) is 20.2 Å². The Morgan fingerprint density at radius 1 is 1.37 bits per heavy atom. The van der Waals surface area contributed by atoms with E-state index in [0.717, 1.165) is 0 Å². The van der Waals surface area contributed by atoms with Gasteiger partial charge in [0.1, 0.15) is 5.75 Å². The van der Waals surface area contributed by atoms with Crippen molar-refractivity contribution in [1.29, 1.82) is 0 Å². The molecular weight excluding hydrogens is 270 g/mol. The van der Waals surface area contributed by atoms with E-state index in [-0.39, 0.29) is 23.2 Å². The third-order valence-electron chi connectivity index (χ3n) is 3.16. The average molecular weight is 285 g/mol. The molecule has 1 unspecified atom stereocenters. The van der Waals surface area contributed by atoms with Crippen LogP contribution >= 0.6 is 0 Å². The predicted molar refractivity (Wildman–Crippen MR) is 67.0 cm³/mol. The molecule has 6 nitrogen and oxygen atoms in total. The van der Waals surface area contributed by atoms with Gasteiger partial charge >= 0.3 is 5.97 Å². The van der Waals surface area contributed by atoms with Crippen molar-refractivity contribution < 1.29 is 23.1 Å². The van der Waals surface area contributed by atoms with Gasteiger partial charge in [0.05, 0.1) is 17.9 Å². The van der Waals surface area contributed by atoms with E-state index in [9.17, 15) is 13.2 Å². The van der Waals surface area contributed by atoms with Crippen molar-refractivity contribution in [2.24, 2.45) is 5.92 Å². The fourth-order valence-corrected chi connectivity index (χ4v) is 3.57. The molecule has 0 radical (unpaired) electrons. The number of hydrogen-bond donors (Lipinski definition) is 1. The Labute approximate surface area is 111 Å². The lowest BCUT2D eigenvalue weighted by molar-refractivity contribution is -0.144. The number of carbonyl (C=O) groups excluding carboxylic acids is 1. The molecule has 7 heteroatoms. The van der Waals surface area contributed by atoms with E-state index in [4.69, 9.17) is 5.11 Å². The van der Waals surface area contributed by atoms with Gasteiger partial charge in [0.2, 0.25) is 10.0 Å². The smallest absolute Gasteiger partial charge is 0.310 e. The van der Waals surface area contributed by atoms with Crippen LogP contribution in [-0.2, 0) is 19.6 Å². The number of phenols is 1. The Kier molecular flexibility index (Phi) is 3.77. The molecule has 0 aliphatic carbocycles. The van der Waals surface area contributed by atoms with Crippen LogP contribution in [0.3, 0.4) is 0 Å². The molecule has 1 aromatic carbocycles. The highest BCUT2D eigenvalue weighted by molar-refractivity contribution is 7.89. The minimum absolute atomic E-state index is 0.00723. The van der Waals surface area contributed by atoms with E-state index in [2.05, 4.69) is 4.74 Å². The first kappa shape index (κ1) is 13.8. The highest BCUT2D eigenvalue weighted by Gasteiger charge is 2.36. The van der Waals surface area contributed by atoms with E-state index in [0.29, 0.717) is 13.0 Å². The van der Waals surface area contributed by atoms with Gasteiger partial charge in [-0.3, -0.25) is 4.79 Å². The molecule has 1 fully saturated rings. The van der Waals surface area contributed by atoms with Crippen LogP contribution < -0.4 is 0 Å². The third kappa shape index (κ3) is 2.71. The lowest BCUT2D eigenvalue weighted by atomic mass is 10.1. The molecule has 1 aliphatic rings.